The van der Waals surface area contributed by atoms with Gasteiger partial charge in [-0.3, -0.25) is 14.9 Å². The summed E-state index contributed by atoms with van der Waals surface area (Å²) >= 11 is 0. The predicted molar refractivity (Wildman–Crippen MR) is 65.3 cm³/mol. The lowest BCUT2D eigenvalue weighted by Gasteiger charge is -2.11. The molecule has 5 nitrogen and oxygen atoms in total. The molecule has 1 aromatic rings. The molecular weight excluding hydrogens is 218 g/mol. The molecule has 2 N–H and O–H groups in total. The van der Waals surface area contributed by atoms with Crippen LogP contribution in [0.1, 0.15) is 20.7 Å². The second kappa shape index (κ2) is 4.55. The van der Waals surface area contributed by atoms with E-state index in [0.29, 0.717) is 11.1 Å². The summed E-state index contributed by atoms with van der Waals surface area (Å²) < 4.78 is 0. The number of anilines is 1. The van der Waals surface area contributed by atoms with Crippen LogP contribution in [0.15, 0.2) is 18.2 Å². The number of imide groups is 1. The molecule has 0 aromatic heterocycles. The van der Waals surface area contributed by atoms with E-state index in [1.165, 1.54) is 0 Å². The number of likely N-dealkylation sites (N-methyl/N-ethyl adjacent to an activating group) is 1. The molecule has 2 amide bonds. The number of amides is 2. The molecule has 0 aliphatic carbocycles. The highest BCUT2D eigenvalue weighted by Gasteiger charge is 2.26. The lowest BCUT2D eigenvalue weighted by molar-refractivity contribution is 0.0879. The first-order chi connectivity index (χ1) is 8.08. The highest BCUT2D eigenvalue weighted by Crippen LogP contribution is 2.19. The zero-order valence-corrected chi connectivity index (χ0v) is 9.91. The van der Waals surface area contributed by atoms with E-state index in [0.717, 1.165) is 18.8 Å². The van der Waals surface area contributed by atoms with Gasteiger partial charge in [0, 0.05) is 18.8 Å². The molecule has 5 heteroatoms. The number of fused-ring (bicyclic) bond motifs is 1. The Balaban J connectivity index is 2.09. The van der Waals surface area contributed by atoms with Crippen molar-refractivity contribution in [3.05, 3.63) is 29.3 Å². The van der Waals surface area contributed by atoms with Crippen molar-refractivity contribution in [2.75, 3.05) is 32.5 Å². The van der Waals surface area contributed by atoms with Crippen LogP contribution in [0.3, 0.4) is 0 Å². The zero-order valence-electron chi connectivity index (χ0n) is 9.91. The topological polar surface area (TPSA) is 61.4 Å². The second-order valence-electron chi connectivity index (χ2n) is 4.27. The minimum absolute atomic E-state index is 0.315. The molecule has 1 aliphatic heterocycles. The summed E-state index contributed by atoms with van der Waals surface area (Å²) in [6.07, 6.45) is 0. The Bertz CT molecular complexity index is 469. The first kappa shape index (κ1) is 11.6. The Morgan fingerprint density at radius 3 is 2.59 bits per heavy atom. The summed E-state index contributed by atoms with van der Waals surface area (Å²) in [6, 6.07) is 5.20. The van der Waals surface area contributed by atoms with Crippen LogP contribution in [-0.4, -0.2) is 43.9 Å². The van der Waals surface area contributed by atoms with Gasteiger partial charge < -0.3 is 10.2 Å². The van der Waals surface area contributed by atoms with E-state index in [1.807, 2.05) is 20.2 Å². The smallest absolute Gasteiger partial charge is 0.259 e. The molecule has 1 aliphatic rings. The van der Waals surface area contributed by atoms with Gasteiger partial charge in [-0.1, -0.05) is 0 Å². The summed E-state index contributed by atoms with van der Waals surface area (Å²) in [7, 11) is 3.99. The molecule has 1 aromatic carbocycles. The van der Waals surface area contributed by atoms with Crippen LogP contribution in [0.25, 0.3) is 0 Å². The van der Waals surface area contributed by atoms with Gasteiger partial charge >= 0.3 is 0 Å². The van der Waals surface area contributed by atoms with Gasteiger partial charge in [0.25, 0.3) is 11.8 Å². The first-order valence-corrected chi connectivity index (χ1v) is 5.46. The van der Waals surface area contributed by atoms with Crippen LogP contribution in [0.5, 0.6) is 0 Å². The molecular formula is C12H15N3O2. The second-order valence-corrected chi connectivity index (χ2v) is 4.27. The van der Waals surface area contributed by atoms with Crippen molar-refractivity contribution < 1.29 is 9.59 Å². The number of rotatable bonds is 4. The Morgan fingerprint density at radius 1 is 1.18 bits per heavy atom. The van der Waals surface area contributed by atoms with E-state index in [1.54, 1.807) is 12.1 Å². The fraction of sp³-hybridized carbons (Fsp3) is 0.333. The zero-order chi connectivity index (χ0) is 12.4. The van der Waals surface area contributed by atoms with Crippen LogP contribution in [-0.2, 0) is 0 Å². The molecule has 0 bridgehead atoms. The predicted octanol–water partition coefficient (Wildman–Crippen LogP) is 0.544. The number of carbonyl (C=O) groups excluding carboxylic acids is 2. The third-order valence-electron chi connectivity index (χ3n) is 2.62. The minimum atomic E-state index is -0.318. The van der Waals surface area contributed by atoms with Gasteiger partial charge in [0.1, 0.15) is 0 Å². The molecule has 0 fully saturated rings. The van der Waals surface area contributed by atoms with Crippen molar-refractivity contribution in [3.63, 3.8) is 0 Å². The van der Waals surface area contributed by atoms with Crippen LogP contribution in [0, 0.1) is 0 Å². The third-order valence-corrected chi connectivity index (χ3v) is 2.62. The fourth-order valence-corrected chi connectivity index (χ4v) is 1.70. The number of benzene rings is 1. The molecule has 0 saturated carbocycles. The Hall–Kier alpha value is -1.88. The third kappa shape index (κ3) is 2.45. The van der Waals surface area contributed by atoms with Crippen LogP contribution in [0.4, 0.5) is 5.69 Å². The first-order valence-electron chi connectivity index (χ1n) is 5.46. The average molecular weight is 233 g/mol. The summed E-state index contributed by atoms with van der Waals surface area (Å²) in [5.74, 6) is -0.633. The molecule has 0 saturated heterocycles. The van der Waals surface area contributed by atoms with Crippen molar-refractivity contribution in [2.45, 2.75) is 0 Å². The summed E-state index contributed by atoms with van der Waals surface area (Å²) in [5, 5.41) is 5.48. The van der Waals surface area contributed by atoms with Crippen molar-refractivity contribution in [1.82, 2.24) is 10.2 Å². The lowest BCUT2D eigenvalue weighted by Crippen LogP contribution is -2.21. The van der Waals surface area contributed by atoms with Gasteiger partial charge in [0.15, 0.2) is 0 Å². The molecule has 0 spiro atoms. The van der Waals surface area contributed by atoms with Gasteiger partial charge in [-0.05, 0) is 32.3 Å². The quantitative estimate of drug-likeness (QED) is 0.745. The standard InChI is InChI=1S/C12H15N3O2/c1-15(2)6-5-13-8-3-4-9-10(7-8)12(17)14-11(9)16/h3-4,7,13H,5-6H2,1-2H3,(H,14,16,17). The van der Waals surface area contributed by atoms with Gasteiger partial charge in [0.05, 0.1) is 11.1 Å². The molecule has 17 heavy (non-hydrogen) atoms. The summed E-state index contributed by atoms with van der Waals surface area (Å²) in [6.45, 7) is 1.70. The monoisotopic (exact) mass is 233 g/mol. The maximum absolute atomic E-state index is 11.4. The molecule has 1 heterocycles. The van der Waals surface area contributed by atoms with Crippen molar-refractivity contribution in [3.8, 4) is 0 Å². The summed E-state index contributed by atoms with van der Waals surface area (Å²) in [5.41, 5.74) is 1.76. The van der Waals surface area contributed by atoms with Crippen molar-refractivity contribution in [2.24, 2.45) is 0 Å². The minimum Gasteiger partial charge on any atom is -0.384 e. The number of nitrogens with one attached hydrogen (secondary N) is 2. The van der Waals surface area contributed by atoms with E-state index in [-0.39, 0.29) is 11.8 Å². The molecule has 90 valence electrons. The van der Waals surface area contributed by atoms with Gasteiger partial charge in [0.2, 0.25) is 0 Å². The van der Waals surface area contributed by atoms with Gasteiger partial charge in [-0.2, -0.15) is 0 Å². The lowest BCUT2D eigenvalue weighted by atomic mass is 10.1. The number of hydrogen-bond acceptors (Lipinski definition) is 4. The van der Waals surface area contributed by atoms with Gasteiger partial charge in [-0.25, -0.2) is 0 Å². The Morgan fingerprint density at radius 2 is 1.88 bits per heavy atom. The molecule has 2 rings (SSSR count). The average Bonchev–Trinajstić information content (AvgIpc) is 2.54. The SMILES string of the molecule is CN(C)CCNc1ccc2c(c1)C(=O)NC2=O. The number of nitrogens with zero attached hydrogens (tertiary/aromatic N) is 1. The highest BCUT2D eigenvalue weighted by atomic mass is 16.2. The van der Waals surface area contributed by atoms with Crippen molar-refractivity contribution >= 4 is 17.5 Å². The summed E-state index contributed by atoms with van der Waals surface area (Å²) in [4.78, 5) is 24.8. The molecule has 0 radical (unpaired) electrons. The maximum atomic E-state index is 11.4. The largest absolute Gasteiger partial charge is 0.384 e. The van der Waals surface area contributed by atoms with E-state index in [9.17, 15) is 9.59 Å². The Labute approximate surface area is 99.8 Å². The van der Waals surface area contributed by atoms with E-state index in [2.05, 4.69) is 15.5 Å². The van der Waals surface area contributed by atoms with Crippen molar-refractivity contribution in [1.29, 1.82) is 0 Å². The normalized spacial score (nSPS) is 13.8. The molecule has 0 unspecified atom stereocenters. The highest BCUT2D eigenvalue weighted by molar-refractivity contribution is 6.21. The Kier molecular flexibility index (Phi) is 3.10. The number of carbonyl (C=O) groups is 2. The van der Waals surface area contributed by atoms with E-state index < -0.39 is 0 Å². The van der Waals surface area contributed by atoms with E-state index in [4.69, 9.17) is 0 Å². The fourth-order valence-electron chi connectivity index (χ4n) is 1.70. The van der Waals surface area contributed by atoms with Crippen LogP contribution < -0.4 is 10.6 Å². The maximum Gasteiger partial charge on any atom is 0.259 e. The van der Waals surface area contributed by atoms with Crippen LogP contribution >= 0.6 is 0 Å². The molecule has 0 atom stereocenters. The number of hydrogen-bond donors (Lipinski definition) is 2. The van der Waals surface area contributed by atoms with Crippen LogP contribution in [0.2, 0.25) is 0 Å². The van der Waals surface area contributed by atoms with Gasteiger partial charge in [-0.15, -0.1) is 0 Å². The van der Waals surface area contributed by atoms with E-state index >= 15 is 0 Å².